The van der Waals surface area contributed by atoms with Gasteiger partial charge in [-0.25, -0.2) is 0 Å². The van der Waals surface area contributed by atoms with Gasteiger partial charge in [0, 0.05) is 14.2 Å². The Bertz CT molecular complexity index is 268. The molecule has 0 aromatic heterocycles. The largest absolute Gasteiger partial charge is 0.345 e. The van der Waals surface area contributed by atoms with E-state index in [4.69, 9.17) is 32.2 Å². The molecule has 0 heterocycles. The average Bonchev–Trinajstić information content (AvgIpc) is 2.42. The summed E-state index contributed by atoms with van der Waals surface area (Å²) in [5.41, 5.74) is -0.379. The lowest BCUT2D eigenvalue weighted by Crippen LogP contribution is -2.00. The van der Waals surface area contributed by atoms with Gasteiger partial charge in [0.25, 0.3) is 0 Å². The van der Waals surface area contributed by atoms with E-state index in [-0.39, 0.29) is 24.5 Å². The summed E-state index contributed by atoms with van der Waals surface area (Å²) in [5, 5.41) is 0. The highest BCUT2D eigenvalue weighted by molar-refractivity contribution is 7.55. The van der Waals surface area contributed by atoms with Crippen molar-refractivity contribution in [3.8, 4) is 0 Å². The second-order valence-corrected chi connectivity index (χ2v) is 8.80. The van der Waals surface area contributed by atoms with Crippen LogP contribution in [0.3, 0.4) is 0 Å². The zero-order valence-corrected chi connectivity index (χ0v) is 13.6. The number of unbranched alkanes of at least 4 members (excludes halogenated alkanes) is 1. The Morgan fingerprint density at radius 3 is 1.39 bits per heavy atom. The molecule has 0 aliphatic carbocycles. The van der Waals surface area contributed by atoms with Crippen molar-refractivity contribution in [2.75, 3.05) is 38.7 Å². The molecule has 10 heteroatoms. The van der Waals surface area contributed by atoms with Crippen molar-refractivity contribution in [1.82, 2.24) is 0 Å². The summed E-state index contributed by atoms with van der Waals surface area (Å²) >= 11 is 10.9. The highest BCUT2D eigenvalue weighted by Gasteiger charge is 2.22. The Morgan fingerprint density at radius 1 is 0.833 bits per heavy atom. The first-order valence-corrected chi connectivity index (χ1v) is 9.68. The molecule has 0 amide bonds. The summed E-state index contributed by atoms with van der Waals surface area (Å²) in [7, 11) is -3.74. The Balaban J connectivity index is 3.70. The maximum atomic E-state index is 11.5. The molecule has 110 valence electrons. The van der Waals surface area contributed by atoms with Gasteiger partial charge in [-0.05, 0) is 12.8 Å². The first-order valence-electron chi connectivity index (χ1n) is 5.16. The summed E-state index contributed by atoms with van der Waals surface area (Å²) in [6, 6.07) is 0. The van der Waals surface area contributed by atoms with Gasteiger partial charge < -0.3 is 18.1 Å². The van der Waals surface area contributed by atoms with Gasteiger partial charge in [0.15, 0.2) is 0 Å². The molecule has 0 N–H and O–H groups in total. The lowest BCUT2D eigenvalue weighted by atomic mass is 10.3. The third-order valence-corrected chi connectivity index (χ3v) is 6.57. The topological polar surface area (TPSA) is 71.1 Å². The smallest absolute Gasteiger partial charge is 0.311 e. The van der Waals surface area contributed by atoms with Crippen LogP contribution in [-0.4, -0.2) is 38.7 Å². The average molecular weight is 343 g/mol. The third-order valence-electron chi connectivity index (χ3n) is 1.96. The molecule has 0 aliphatic heterocycles. The molecule has 18 heavy (non-hydrogen) atoms. The lowest BCUT2D eigenvalue weighted by Gasteiger charge is -2.14. The molecule has 0 saturated heterocycles. The molecule has 0 aromatic carbocycles. The number of halogens is 2. The predicted molar refractivity (Wildman–Crippen MR) is 71.8 cm³/mol. The van der Waals surface area contributed by atoms with E-state index in [1.807, 2.05) is 0 Å². The van der Waals surface area contributed by atoms with Gasteiger partial charge in [-0.15, -0.1) is 23.2 Å². The predicted octanol–water partition coefficient (Wildman–Crippen LogP) is 3.87. The van der Waals surface area contributed by atoms with Gasteiger partial charge >= 0.3 is 15.2 Å². The van der Waals surface area contributed by atoms with Crippen LogP contribution in [0.2, 0.25) is 0 Å². The Morgan fingerprint density at radius 2 is 1.17 bits per heavy atom. The van der Waals surface area contributed by atoms with Gasteiger partial charge in [0.05, 0.1) is 13.2 Å². The quantitative estimate of drug-likeness (QED) is 0.322. The number of rotatable bonds is 11. The van der Waals surface area contributed by atoms with E-state index < -0.39 is 15.2 Å². The van der Waals surface area contributed by atoms with Crippen molar-refractivity contribution >= 4 is 38.4 Å². The molecule has 2 atom stereocenters. The van der Waals surface area contributed by atoms with Crippen LogP contribution in [0.4, 0.5) is 0 Å². The minimum atomic E-state index is -3.15. The molecule has 0 spiro atoms. The van der Waals surface area contributed by atoms with Crippen LogP contribution in [0.15, 0.2) is 0 Å². The second kappa shape index (κ2) is 9.73. The van der Waals surface area contributed by atoms with Crippen molar-refractivity contribution in [2.24, 2.45) is 0 Å². The van der Waals surface area contributed by atoms with Crippen molar-refractivity contribution in [3.05, 3.63) is 0 Å². The first kappa shape index (κ1) is 18.9. The SMILES string of the molecule is COP(=O)(CCl)OCCCCOP(=O)(CCl)OC. The van der Waals surface area contributed by atoms with Gasteiger partial charge in [0.2, 0.25) is 0 Å². The van der Waals surface area contributed by atoms with Crippen LogP contribution in [0, 0.1) is 0 Å². The van der Waals surface area contributed by atoms with Gasteiger partial charge in [0.1, 0.15) is 11.2 Å². The van der Waals surface area contributed by atoms with Crippen molar-refractivity contribution in [1.29, 1.82) is 0 Å². The van der Waals surface area contributed by atoms with Crippen LogP contribution >= 0.6 is 38.4 Å². The first-order chi connectivity index (χ1) is 8.45. The lowest BCUT2D eigenvalue weighted by molar-refractivity contribution is 0.208. The number of alkyl halides is 2. The molecule has 0 aliphatic rings. The minimum Gasteiger partial charge on any atom is -0.311 e. The summed E-state index contributed by atoms with van der Waals surface area (Å²) in [5.74, 6) is 0. The zero-order chi connectivity index (χ0) is 14.1. The van der Waals surface area contributed by atoms with Gasteiger partial charge in [-0.1, -0.05) is 0 Å². The standard InChI is InChI=1S/C8H18Cl2O6P2/c1-13-17(11,7-9)15-5-3-4-6-16-18(12,8-10)14-2/h3-8H2,1-2H3. The van der Waals surface area contributed by atoms with E-state index in [9.17, 15) is 9.13 Å². The Kier molecular flexibility index (Phi) is 10.2. The summed E-state index contributed by atoms with van der Waals surface area (Å²) in [6.45, 7) is 0.443. The maximum Gasteiger partial charge on any atom is 0.345 e. The molecule has 0 bridgehead atoms. The highest BCUT2D eigenvalue weighted by atomic mass is 35.5. The second-order valence-electron chi connectivity index (χ2n) is 3.20. The summed E-state index contributed by atoms with van der Waals surface area (Å²) in [6.07, 6.45) is 1.13. The van der Waals surface area contributed by atoms with E-state index in [0.29, 0.717) is 12.8 Å². The van der Waals surface area contributed by atoms with Crippen LogP contribution in [0.1, 0.15) is 12.8 Å². The number of hydrogen-bond acceptors (Lipinski definition) is 6. The van der Waals surface area contributed by atoms with E-state index >= 15 is 0 Å². The molecule has 0 rings (SSSR count). The maximum absolute atomic E-state index is 11.5. The highest BCUT2D eigenvalue weighted by Crippen LogP contribution is 2.49. The minimum absolute atomic E-state index is 0.189. The molecule has 0 aromatic rings. The molecular weight excluding hydrogens is 325 g/mol. The van der Waals surface area contributed by atoms with Crippen molar-refractivity contribution in [3.63, 3.8) is 0 Å². The van der Waals surface area contributed by atoms with Crippen molar-refractivity contribution in [2.45, 2.75) is 12.8 Å². The normalized spacial score (nSPS) is 18.2. The fourth-order valence-electron chi connectivity index (χ4n) is 0.883. The Labute approximate surface area is 117 Å². The fraction of sp³-hybridized carbons (Fsp3) is 1.00. The molecule has 0 radical (unpaired) electrons. The summed E-state index contributed by atoms with van der Waals surface area (Å²) < 4.78 is 42.5. The zero-order valence-electron chi connectivity index (χ0n) is 10.3. The monoisotopic (exact) mass is 342 g/mol. The van der Waals surface area contributed by atoms with Crippen LogP contribution in [-0.2, 0) is 27.2 Å². The molecule has 0 fully saturated rings. The van der Waals surface area contributed by atoms with Crippen LogP contribution in [0.25, 0.3) is 0 Å². The molecular formula is C8H18Cl2O6P2. The third kappa shape index (κ3) is 7.46. The molecule has 0 saturated carbocycles. The van der Waals surface area contributed by atoms with Gasteiger partial charge in [-0.3, -0.25) is 9.13 Å². The number of hydrogen-bond donors (Lipinski definition) is 0. The van der Waals surface area contributed by atoms with E-state index in [0.717, 1.165) is 0 Å². The van der Waals surface area contributed by atoms with Crippen LogP contribution < -0.4 is 0 Å². The van der Waals surface area contributed by atoms with E-state index in [2.05, 4.69) is 9.05 Å². The molecule has 6 nitrogen and oxygen atoms in total. The van der Waals surface area contributed by atoms with E-state index in [1.54, 1.807) is 0 Å². The fourth-order valence-corrected chi connectivity index (χ4v) is 3.24. The Hall–Kier alpha value is 0.880. The van der Waals surface area contributed by atoms with Crippen LogP contribution in [0.5, 0.6) is 0 Å². The summed E-state index contributed by atoms with van der Waals surface area (Å²) in [4.78, 5) is 0. The van der Waals surface area contributed by atoms with Crippen molar-refractivity contribution < 1.29 is 27.2 Å². The molecule has 2 unspecified atom stereocenters. The van der Waals surface area contributed by atoms with Gasteiger partial charge in [-0.2, -0.15) is 0 Å². The van der Waals surface area contributed by atoms with E-state index in [1.165, 1.54) is 14.2 Å².